The molecule has 0 aliphatic heterocycles. The van der Waals surface area contributed by atoms with Gasteiger partial charge in [0.05, 0.1) is 15.7 Å². The van der Waals surface area contributed by atoms with Crippen LogP contribution in [0.15, 0.2) is 23.1 Å². The van der Waals surface area contributed by atoms with Gasteiger partial charge in [-0.15, -0.1) is 0 Å². The number of halogens is 2. The largest absolute Gasteiger partial charge is 0.316 e. The Morgan fingerprint density at radius 1 is 1.50 bits per heavy atom. The van der Waals surface area contributed by atoms with Crippen molar-refractivity contribution < 1.29 is 12.8 Å². The van der Waals surface area contributed by atoms with E-state index in [1.165, 1.54) is 6.07 Å². The van der Waals surface area contributed by atoms with Crippen molar-refractivity contribution in [3.8, 4) is 0 Å². The third kappa shape index (κ3) is 3.17. The van der Waals surface area contributed by atoms with Crippen LogP contribution in [0.4, 0.5) is 4.39 Å². The lowest BCUT2D eigenvalue weighted by molar-refractivity contribution is 0.577. The summed E-state index contributed by atoms with van der Waals surface area (Å²) in [4.78, 5) is 0.0426. The second-order valence-electron chi connectivity index (χ2n) is 3.55. The Morgan fingerprint density at radius 3 is 2.62 bits per heavy atom. The van der Waals surface area contributed by atoms with E-state index in [1.807, 2.05) is 0 Å². The zero-order valence-corrected chi connectivity index (χ0v) is 10.6. The Hall–Kier alpha value is -0.650. The molecule has 0 spiro atoms. The minimum atomic E-state index is -3.42. The fourth-order valence-corrected chi connectivity index (χ4v) is 3.01. The molecule has 0 saturated heterocycles. The molecular weight excluding hydrogens is 253 g/mol. The zero-order chi connectivity index (χ0) is 12.3. The molecule has 1 aromatic rings. The van der Waals surface area contributed by atoms with Gasteiger partial charge in [-0.25, -0.2) is 12.8 Å². The summed E-state index contributed by atoms with van der Waals surface area (Å²) in [5.41, 5.74) is 0. The number of sulfone groups is 1. The van der Waals surface area contributed by atoms with Crippen LogP contribution in [0.1, 0.15) is 6.92 Å². The van der Waals surface area contributed by atoms with E-state index < -0.39 is 15.7 Å². The maximum absolute atomic E-state index is 12.9. The van der Waals surface area contributed by atoms with Crippen molar-refractivity contribution in [2.24, 2.45) is 0 Å². The predicted octanol–water partition coefficient (Wildman–Crippen LogP) is 1.86. The standard InChI is InChI=1S/C10H13ClFNO2S/c1-7(13-2)6-16(14,15)8-3-4-10(12)9(11)5-8/h3-5,7,13H,6H2,1-2H3. The Morgan fingerprint density at radius 2 is 2.12 bits per heavy atom. The van der Waals surface area contributed by atoms with Gasteiger partial charge in [-0.1, -0.05) is 11.6 Å². The second-order valence-corrected chi connectivity index (χ2v) is 5.99. The lowest BCUT2D eigenvalue weighted by atomic mass is 10.3. The molecule has 1 unspecified atom stereocenters. The van der Waals surface area contributed by atoms with E-state index in [1.54, 1.807) is 14.0 Å². The van der Waals surface area contributed by atoms with E-state index in [2.05, 4.69) is 5.32 Å². The normalized spacial score (nSPS) is 13.8. The van der Waals surface area contributed by atoms with Crippen LogP contribution >= 0.6 is 11.6 Å². The van der Waals surface area contributed by atoms with Crippen molar-refractivity contribution in [1.29, 1.82) is 0 Å². The fraction of sp³-hybridized carbons (Fsp3) is 0.400. The number of hydrogen-bond acceptors (Lipinski definition) is 3. The van der Waals surface area contributed by atoms with Gasteiger partial charge < -0.3 is 5.32 Å². The minimum absolute atomic E-state index is 0.0426. The highest BCUT2D eigenvalue weighted by molar-refractivity contribution is 7.91. The summed E-state index contributed by atoms with van der Waals surface area (Å²) in [5.74, 6) is -0.673. The number of nitrogens with one attached hydrogen (secondary N) is 1. The summed E-state index contributed by atoms with van der Waals surface area (Å²) in [5, 5.41) is 2.65. The van der Waals surface area contributed by atoms with Gasteiger partial charge >= 0.3 is 0 Å². The van der Waals surface area contributed by atoms with Crippen molar-refractivity contribution in [3.05, 3.63) is 29.0 Å². The Bertz CT molecular complexity index is 476. The lowest BCUT2D eigenvalue weighted by Gasteiger charge is -2.11. The molecule has 0 fully saturated rings. The molecule has 0 bridgehead atoms. The van der Waals surface area contributed by atoms with Crippen LogP contribution in [0.25, 0.3) is 0 Å². The SMILES string of the molecule is CNC(C)CS(=O)(=O)c1ccc(F)c(Cl)c1. The van der Waals surface area contributed by atoms with Crippen molar-refractivity contribution in [2.45, 2.75) is 17.9 Å². The van der Waals surface area contributed by atoms with Crippen molar-refractivity contribution in [1.82, 2.24) is 5.32 Å². The van der Waals surface area contributed by atoms with E-state index in [4.69, 9.17) is 11.6 Å². The maximum Gasteiger partial charge on any atom is 0.179 e. The van der Waals surface area contributed by atoms with Crippen molar-refractivity contribution in [2.75, 3.05) is 12.8 Å². The van der Waals surface area contributed by atoms with Crippen molar-refractivity contribution >= 4 is 21.4 Å². The van der Waals surface area contributed by atoms with Crippen LogP contribution in [0.3, 0.4) is 0 Å². The summed E-state index contributed by atoms with van der Waals surface area (Å²) in [6.45, 7) is 1.75. The smallest absolute Gasteiger partial charge is 0.179 e. The summed E-state index contributed by atoms with van der Waals surface area (Å²) in [6, 6.07) is 3.24. The van der Waals surface area contributed by atoms with Crippen molar-refractivity contribution in [3.63, 3.8) is 0 Å². The van der Waals surface area contributed by atoms with Gasteiger partial charge in [0.2, 0.25) is 0 Å². The van der Waals surface area contributed by atoms with E-state index in [9.17, 15) is 12.8 Å². The summed E-state index contributed by atoms with van der Waals surface area (Å²) in [6.07, 6.45) is 0. The molecule has 0 radical (unpaired) electrons. The van der Waals surface area contributed by atoms with Gasteiger partial charge in [-0.05, 0) is 32.2 Å². The van der Waals surface area contributed by atoms with Gasteiger partial charge in [0, 0.05) is 6.04 Å². The van der Waals surface area contributed by atoms with Crippen LogP contribution < -0.4 is 5.32 Å². The van der Waals surface area contributed by atoms with Gasteiger partial charge in [0.1, 0.15) is 5.82 Å². The predicted molar refractivity (Wildman–Crippen MR) is 62.0 cm³/mol. The highest BCUT2D eigenvalue weighted by Crippen LogP contribution is 2.20. The quantitative estimate of drug-likeness (QED) is 0.846. The summed E-state index contributed by atoms with van der Waals surface area (Å²) >= 11 is 5.54. The second kappa shape index (κ2) is 5.12. The first kappa shape index (κ1) is 13.4. The Kier molecular flexibility index (Phi) is 4.29. The molecule has 0 aliphatic rings. The highest BCUT2D eigenvalue weighted by Gasteiger charge is 2.18. The molecule has 1 N–H and O–H groups in total. The van der Waals surface area contributed by atoms with Crippen LogP contribution in [0, 0.1) is 5.82 Å². The Balaban J connectivity index is 3.03. The topological polar surface area (TPSA) is 46.2 Å². The van der Waals surface area contributed by atoms with E-state index in [0.717, 1.165) is 12.1 Å². The average Bonchev–Trinajstić information content (AvgIpc) is 2.21. The number of hydrogen-bond donors (Lipinski definition) is 1. The first-order valence-electron chi connectivity index (χ1n) is 4.72. The Labute approximate surface area is 99.5 Å². The molecule has 1 rings (SSSR count). The molecule has 1 atom stereocenters. The molecule has 0 aromatic heterocycles. The summed E-state index contributed by atoms with van der Waals surface area (Å²) in [7, 11) is -1.75. The molecular formula is C10H13ClFNO2S. The lowest BCUT2D eigenvalue weighted by Crippen LogP contribution is -2.29. The zero-order valence-electron chi connectivity index (χ0n) is 9.00. The first-order chi connectivity index (χ1) is 7.36. The first-order valence-corrected chi connectivity index (χ1v) is 6.75. The van der Waals surface area contributed by atoms with E-state index in [-0.39, 0.29) is 21.7 Å². The molecule has 3 nitrogen and oxygen atoms in total. The number of benzene rings is 1. The molecule has 0 saturated carbocycles. The van der Waals surface area contributed by atoms with Crippen LogP contribution in [0.2, 0.25) is 5.02 Å². The van der Waals surface area contributed by atoms with E-state index in [0.29, 0.717) is 0 Å². The average molecular weight is 266 g/mol. The maximum atomic E-state index is 12.9. The monoisotopic (exact) mass is 265 g/mol. The molecule has 0 amide bonds. The third-order valence-electron chi connectivity index (χ3n) is 2.21. The molecule has 0 aliphatic carbocycles. The van der Waals surface area contributed by atoms with Gasteiger partial charge in [-0.2, -0.15) is 0 Å². The van der Waals surface area contributed by atoms with Gasteiger partial charge in [0.15, 0.2) is 9.84 Å². The van der Waals surface area contributed by atoms with Crippen LogP contribution in [0.5, 0.6) is 0 Å². The highest BCUT2D eigenvalue weighted by atomic mass is 35.5. The van der Waals surface area contributed by atoms with Gasteiger partial charge in [-0.3, -0.25) is 0 Å². The third-order valence-corrected chi connectivity index (χ3v) is 4.41. The summed E-state index contributed by atoms with van der Waals surface area (Å²) < 4.78 is 36.6. The van der Waals surface area contributed by atoms with Crippen LogP contribution in [-0.2, 0) is 9.84 Å². The molecule has 6 heteroatoms. The number of rotatable bonds is 4. The van der Waals surface area contributed by atoms with Gasteiger partial charge in [0.25, 0.3) is 0 Å². The molecule has 16 heavy (non-hydrogen) atoms. The fourth-order valence-electron chi connectivity index (χ4n) is 1.18. The molecule has 1 aromatic carbocycles. The minimum Gasteiger partial charge on any atom is -0.316 e. The van der Waals surface area contributed by atoms with E-state index >= 15 is 0 Å². The molecule has 90 valence electrons. The molecule has 0 heterocycles. The van der Waals surface area contributed by atoms with Crippen LogP contribution in [-0.4, -0.2) is 27.3 Å².